The van der Waals surface area contributed by atoms with Gasteiger partial charge in [0.15, 0.2) is 0 Å². The topological polar surface area (TPSA) is 104 Å². The molecule has 11 heteroatoms. The van der Waals surface area contributed by atoms with Crippen molar-refractivity contribution in [1.29, 1.82) is 0 Å². The Bertz CT molecular complexity index is 1510. The summed E-state index contributed by atoms with van der Waals surface area (Å²) in [5.74, 6) is -0.305. The van der Waals surface area contributed by atoms with Gasteiger partial charge in [0.1, 0.15) is 6.17 Å². The quantitative estimate of drug-likeness (QED) is 0.594. The second kappa shape index (κ2) is 8.76. The number of sulfonamides is 2. The zero-order chi connectivity index (χ0) is 26.9. The number of rotatable bonds is 5. The number of alkyl halides is 1. The summed E-state index contributed by atoms with van der Waals surface area (Å²) in [5, 5.41) is 0. The molecule has 38 heavy (non-hydrogen) atoms. The molecule has 2 aliphatic heterocycles. The number of fused-ring (bicyclic) bond motifs is 2. The van der Waals surface area contributed by atoms with Crippen molar-refractivity contribution in [3.63, 3.8) is 0 Å². The van der Waals surface area contributed by atoms with E-state index < -0.39 is 26.2 Å². The molecule has 204 valence electrons. The monoisotopic (exact) mass is 561 g/mol. The lowest BCUT2D eigenvalue weighted by molar-refractivity contribution is 0.0980. The van der Waals surface area contributed by atoms with Gasteiger partial charge in [0.05, 0.1) is 11.2 Å². The lowest BCUT2D eigenvalue weighted by Gasteiger charge is -2.38. The molecule has 1 amide bonds. The van der Waals surface area contributed by atoms with Crippen molar-refractivity contribution in [1.82, 2.24) is 4.31 Å². The van der Waals surface area contributed by atoms with Crippen molar-refractivity contribution in [3.8, 4) is 0 Å². The van der Waals surface area contributed by atoms with Crippen molar-refractivity contribution >= 4 is 37.3 Å². The van der Waals surface area contributed by atoms with E-state index in [1.807, 2.05) is 6.07 Å². The predicted molar refractivity (Wildman–Crippen MR) is 143 cm³/mol. The van der Waals surface area contributed by atoms with Crippen LogP contribution in [0.3, 0.4) is 0 Å². The summed E-state index contributed by atoms with van der Waals surface area (Å²) in [6.45, 7) is 0.412. The molecule has 0 radical (unpaired) electrons. The van der Waals surface area contributed by atoms with E-state index in [-0.39, 0.29) is 41.3 Å². The van der Waals surface area contributed by atoms with Gasteiger partial charge < -0.3 is 4.90 Å². The molecule has 2 saturated carbocycles. The number of amides is 1. The van der Waals surface area contributed by atoms with E-state index >= 15 is 0 Å². The van der Waals surface area contributed by atoms with Gasteiger partial charge in [0.2, 0.25) is 20.0 Å². The second-order valence-corrected chi connectivity index (χ2v) is 15.2. The van der Waals surface area contributed by atoms with Crippen LogP contribution in [-0.4, -0.2) is 59.1 Å². The third-order valence-corrected chi connectivity index (χ3v) is 11.4. The van der Waals surface area contributed by atoms with Crippen molar-refractivity contribution in [2.75, 3.05) is 35.5 Å². The number of halogens is 1. The number of hydrogen-bond donors (Lipinski definition) is 1. The lowest BCUT2D eigenvalue weighted by Crippen LogP contribution is -2.40. The van der Waals surface area contributed by atoms with Crippen molar-refractivity contribution in [2.24, 2.45) is 5.41 Å². The largest absolute Gasteiger partial charge is 0.307 e. The maximum Gasteiger partial charge on any atom is 0.258 e. The summed E-state index contributed by atoms with van der Waals surface area (Å²) >= 11 is 0. The van der Waals surface area contributed by atoms with E-state index in [0.29, 0.717) is 17.6 Å². The van der Waals surface area contributed by atoms with Crippen LogP contribution in [0, 0.1) is 5.41 Å². The molecule has 2 aromatic rings. The zero-order valence-electron chi connectivity index (χ0n) is 21.3. The fraction of sp³-hybridized carbons (Fsp3) is 0.519. The zero-order valence-corrected chi connectivity index (χ0v) is 23.0. The number of nitrogens with one attached hydrogen (secondary N) is 1. The van der Waals surface area contributed by atoms with E-state index in [1.165, 1.54) is 25.0 Å². The minimum atomic E-state index is -3.91. The van der Waals surface area contributed by atoms with E-state index in [4.69, 9.17) is 0 Å². The van der Waals surface area contributed by atoms with Crippen LogP contribution >= 0.6 is 0 Å². The Morgan fingerprint density at radius 1 is 1.00 bits per heavy atom. The van der Waals surface area contributed by atoms with E-state index in [9.17, 15) is 26.0 Å². The molecule has 1 atom stereocenters. The minimum Gasteiger partial charge on any atom is -0.307 e. The molecule has 8 nitrogen and oxygen atoms in total. The Labute approximate surface area is 223 Å². The van der Waals surface area contributed by atoms with Gasteiger partial charge in [-0.2, -0.15) is 4.31 Å². The number of nitrogens with zero attached hydrogens (tertiary/aromatic N) is 2. The molecule has 0 aromatic heterocycles. The molecule has 2 spiro atoms. The first-order valence-electron chi connectivity index (χ1n) is 13.1. The van der Waals surface area contributed by atoms with Crippen LogP contribution < -0.4 is 9.62 Å². The highest BCUT2D eigenvalue weighted by Crippen LogP contribution is 2.62. The molecular formula is C27H32FN3O5S2. The van der Waals surface area contributed by atoms with Crippen molar-refractivity contribution in [2.45, 2.75) is 61.4 Å². The van der Waals surface area contributed by atoms with Gasteiger partial charge in [-0.05, 0) is 92.3 Å². The fourth-order valence-electron chi connectivity index (χ4n) is 6.49. The van der Waals surface area contributed by atoms with Crippen LogP contribution in [0.1, 0.15) is 60.9 Å². The molecule has 3 fully saturated rings. The predicted octanol–water partition coefficient (Wildman–Crippen LogP) is 4.04. The number of hydrogen-bond acceptors (Lipinski definition) is 5. The normalized spacial score (nSPS) is 24.1. The average Bonchev–Trinajstić information content (AvgIpc) is 3.36. The molecule has 2 aliphatic carbocycles. The number of carbonyl (C=O) groups is 1. The summed E-state index contributed by atoms with van der Waals surface area (Å²) in [7, 11) is -7.37. The van der Waals surface area contributed by atoms with Gasteiger partial charge in [-0.1, -0.05) is 6.07 Å². The van der Waals surface area contributed by atoms with Crippen molar-refractivity contribution < 1.29 is 26.0 Å². The summed E-state index contributed by atoms with van der Waals surface area (Å²) in [6, 6.07) is 11.3. The lowest BCUT2D eigenvalue weighted by atomic mass is 9.66. The first-order valence-corrected chi connectivity index (χ1v) is 16.4. The third kappa shape index (κ3) is 4.52. The molecular weight excluding hydrogens is 529 g/mol. The third-order valence-electron chi connectivity index (χ3n) is 8.90. The summed E-state index contributed by atoms with van der Waals surface area (Å²) in [4.78, 5) is 15.6. The van der Waals surface area contributed by atoms with E-state index in [2.05, 4.69) is 4.72 Å². The van der Waals surface area contributed by atoms with Crippen LogP contribution in [0.15, 0.2) is 47.4 Å². The standard InChI is InChI=1S/C27H32FN3O5S2/c1-37(33,34)29-21-5-6-24-23(16-21)27(12-10-26(8-9-26)11-13-27)18-31(24)25(32)19-3-2-4-22(15-19)38(35,36)30-14-7-20(28)17-30/h2-6,15-16,20,29H,7-14,17-18H2,1H3. The summed E-state index contributed by atoms with van der Waals surface area (Å²) < 4.78 is 67.4. The number of benzene rings is 2. The Morgan fingerprint density at radius 3 is 2.34 bits per heavy atom. The van der Waals surface area contributed by atoms with Gasteiger partial charge in [-0.25, -0.2) is 21.2 Å². The van der Waals surface area contributed by atoms with Crippen LogP contribution in [0.25, 0.3) is 0 Å². The summed E-state index contributed by atoms with van der Waals surface area (Å²) in [6.07, 6.45) is 6.58. The van der Waals surface area contributed by atoms with Gasteiger partial charge in [-0.15, -0.1) is 0 Å². The highest BCUT2D eigenvalue weighted by atomic mass is 32.2. The smallest absolute Gasteiger partial charge is 0.258 e. The Hall–Kier alpha value is -2.50. The van der Waals surface area contributed by atoms with Crippen molar-refractivity contribution in [3.05, 3.63) is 53.6 Å². The van der Waals surface area contributed by atoms with Crippen LogP contribution in [0.5, 0.6) is 0 Å². The van der Waals surface area contributed by atoms with Gasteiger partial charge in [0, 0.05) is 42.0 Å². The molecule has 1 saturated heterocycles. The van der Waals surface area contributed by atoms with E-state index in [1.54, 1.807) is 29.2 Å². The maximum atomic E-state index is 13.9. The Morgan fingerprint density at radius 2 is 1.71 bits per heavy atom. The number of anilines is 2. The molecule has 1 unspecified atom stereocenters. The van der Waals surface area contributed by atoms with Gasteiger partial charge in [0.25, 0.3) is 5.91 Å². The minimum absolute atomic E-state index is 0.0207. The molecule has 4 aliphatic rings. The van der Waals surface area contributed by atoms with Crippen LogP contribution in [0.4, 0.5) is 15.8 Å². The number of carbonyl (C=O) groups excluding carboxylic acids is 1. The average molecular weight is 562 g/mol. The fourth-order valence-corrected chi connectivity index (χ4v) is 8.57. The van der Waals surface area contributed by atoms with Gasteiger partial charge in [-0.3, -0.25) is 9.52 Å². The Kier molecular flexibility index (Phi) is 5.94. The second-order valence-electron chi connectivity index (χ2n) is 11.6. The highest BCUT2D eigenvalue weighted by Gasteiger charge is 2.53. The van der Waals surface area contributed by atoms with Crippen LogP contribution in [0.2, 0.25) is 0 Å². The SMILES string of the molecule is CS(=O)(=O)Nc1ccc2c(c1)C1(CCC3(CC3)CC1)CN2C(=O)c1cccc(S(=O)(=O)N2CCC(F)C2)c1. The molecule has 0 bridgehead atoms. The van der Waals surface area contributed by atoms with Crippen LogP contribution in [-0.2, 0) is 25.5 Å². The van der Waals surface area contributed by atoms with Gasteiger partial charge >= 0.3 is 0 Å². The Balaban J connectivity index is 1.34. The molecule has 6 rings (SSSR count). The molecule has 2 aromatic carbocycles. The maximum absolute atomic E-state index is 13.9. The first kappa shape index (κ1) is 25.8. The highest BCUT2D eigenvalue weighted by molar-refractivity contribution is 7.92. The molecule has 1 N–H and O–H groups in total. The summed E-state index contributed by atoms with van der Waals surface area (Å²) in [5.41, 5.74) is 2.57. The van der Waals surface area contributed by atoms with E-state index in [0.717, 1.165) is 47.5 Å². The molecule has 2 heterocycles. The first-order chi connectivity index (χ1) is 17.9.